The van der Waals surface area contributed by atoms with Gasteiger partial charge < -0.3 is 9.64 Å². The normalized spacial score (nSPS) is 17.5. The first-order valence-electron chi connectivity index (χ1n) is 7.08. The number of nitrogens with zero attached hydrogens (tertiary/aromatic N) is 1. The quantitative estimate of drug-likeness (QED) is 0.864. The van der Waals surface area contributed by atoms with Gasteiger partial charge in [-0.1, -0.05) is 30.3 Å². The minimum atomic E-state index is -0.280. The van der Waals surface area contributed by atoms with Gasteiger partial charge in [0.25, 0.3) is 5.91 Å². The van der Waals surface area contributed by atoms with Crippen molar-refractivity contribution in [2.24, 2.45) is 0 Å². The zero-order chi connectivity index (χ0) is 15.4. The fourth-order valence-electron chi connectivity index (χ4n) is 2.41. The number of para-hydroxylation sites is 1. The molecule has 1 atom stereocenters. The van der Waals surface area contributed by atoms with E-state index in [0.29, 0.717) is 12.3 Å². The Balaban J connectivity index is 1.66. The summed E-state index contributed by atoms with van der Waals surface area (Å²) in [5, 5.41) is -0.137. The lowest BCUT2D eigenvalue weighted by Crippen LogP contribution is -2.34. The van der Waals surface area contributed by atoms with Crippen molar-refractivity contribution in [2.75, 3.05) is 18.9 Å². The smallest absolute Gasteiger partial charge is 0.261 e. The molecule has 0 N–H and O–H groups in total. The third-order valence-electron chi connectivity index (χ3n) is 3.45. The maximum absolute atomic E-state index is 13.4. The Labute approximate surface area is 133 Å². The van der Waals surface area contributed by atoms with Gasteiger partial charge in [-0.3, -0.25) is 4.79 Å². The minimum Gasteiger partial charge on any atom is -0.484 e. The molecule has 114 valence electrons. The number of hydrogen-bond donors (Lipinski definition) is 0. The number of carbonyl (C=O) groups is 1. The van der Waals surface area contributed by atoms with Gasteiger partial charge in [-0.25, -0.2) is 4.39 Å². The summed E-state index contributed by atoms with van der Waals surface area (Å²) in [6, 6.07) is 15.7. The average Bonchev–Trinajstić information content (AvgIpc) is 3.03. The molecule has 1 amide bonds. The first kappa shape index (κ1) is 14.9. The van der Waals surface area contributed by atoms with E-state index in [1.807, 2.05) is 36.4 Å². The van der Waals surface area contributed by atoms with Crippen molar-refractivity contribution >= 4 is 17.7 Å². The Morgan fingerprint density at radius 3 is 2.82 bits per heavy atom. The topological polar surface area (TPSA) is 29.5 Å². The molecule has 5 heteroatoms. The van der Waals surface area contributed by atoms with Gasteiger partial charge in [0.05, 0.1) is 0 Å². The third kappa shape index (κ3) is 3.42. The summed E-state index contributed by atoms with van der Waals surface area (Å²) in [5.41, 5.74) is 0.815. The van der Waals surface area contributed by atoms with Crippen LogP contribution in [0.2, 0.25) is 0 Å². The minimum absolute atomic E-state index is 0.00358. The fraction of sp³-hybridized carbons (Fsp3) is 0.235. The number of thioether (sulfide) groups is 1. The second-order valence-electron chi connectivity index (χ2n) is 4.97. The van der Waals surface area contributed by atoms with Crippen molar-refractivity contribution in [3.05, 3.63) is 66.0 Å². The van der Waals surface area contributed by atoms with E-state index in [9.17, 15) is 9.18 Å². The number of rotatable bonds is 4. The lowest BCUT2D eigenvalue weighted by Gasteiger charge is -2.24. The van der Waals surface area contributed by atoms with E-state index in [1.165, 1.54) is 12.1 Å². The SMILES string of the molecule is O=C(COc1ccccc1)N1CCSC1c1cccc(F)c1. The Morgan fingerprint density at radius 1 is 1.23 bits per heavy atom. The Hall–Kier alpha value is -2.01. The number of ether oxygens (including phenoxy) is 1. The molecular formula is C17H16FNO2S. The van der Waals surface area contributed by atoms with E-state index in [0.717, 1.165) is 11.3 Å². The maximum Gasteiger partial charge on any atom is 0.261 e. The molecule has 3 rings (SSSR count). The summed E-state index contributed by atoms with van der Waals surface area (Å²) in [6.45, 7) is 0.652. The zero-order valence-electron chi connectivity index (χ0n) is 11.9. The van der Waals surface area contributed by atoms with Gasteiger partial charge in [0.2, 0.25) is 0 Å². The van der Waals surface area contributed by atoms with Gasteiger partial charge in [-0.2, -0.15) is 0 Å². The Kier molecular flexibility index (Phi) is 4.63. The van der Waals surface area contributed by atoms with Crippen LogP contribution in [0.5, 0.6) is 5.75 Å². The molecular weight excluding hydrogens is 301 g/mol. The van der Waals surface area contributed by atoms with Gasteiger partial charge in [0.15, 0.2) is 6.61 Å². The standard InChI is InChI=1S/C17H16FNO2S/c18-14-6-4-5-13(11-14)17-19(9-10-22-17)16(20)12-21-15-7-2-1-3-8-15/h1-8,11,17H,9-10,12H2. The summed E-state index contributed by atoms with van der Waals surface area (Å²) < 4.78 is 18.9. The highest BCUT2D eigenvalue weighted by atomic mass is 32.2. The summed E-state index contributed by atoms with van der Waals surface area (Å²) >= 11 is 1.65. The summed E-state index contributed by atoms with van der Waals surface area (Å²) in [7, 11) is 0. The van der Waals surface area contributed by atoms with Crippen LogP contribution in [0.25, 0.3) is 0 Å². The number of benzene rings is 2. The summed E-state index contributed by atoms with van der Waals surface area (Å²) in [5.74, 6) is 1.16. The van der Waals surface area contributed by atoms with E-state index in [-0.39, 0.29) is 23.7 Å². The molecule has 2 aromatic carbocycles. The van der Waals surface area contributed by atoms with Gasteiger partial charge in [-0.15, -0.1) is 11.8 Å². The highest BCUT2D eigenvalue weighted by Gasteiger charge is 2.30. The van der Waals surface area contributed by atoms with Crippen LogP contribution in [-0.2, 0) is 4.79 Å². The molecule has 1 heterocycles. The molecule has 1 fully saturated rings. The molecule has 0 spiro atoms. The summed E-state index contributed by atoms with van der Waals surface area (Å²) in [6.07, 6.45) is 0. The predicted octanol–water partition coefficient (Wildman–Crippen LogP) is 3.48. The highest BCUT2D eigenvalue weighted by Crippen LogP contribution is 2.38. The molecule has 1 aliphatic heterocycles. The van der Waals surface area contributed by atoms with Gasteiger partial charge in [-0.05, 0) is 29.8 Å². The second kappa shape index (κ2) is 6.83. The molecule has 0 bridgehead atoms. The molecule has 0 radical (unpaired) electrons. The van der Waals surface area contributed by atoms with Gasteiger partial charge in [0.1, 0.15) is 16.9 Å². The van der Waals surface area contributed by atoms with Crippen LogP contribution in [0.15, 0.2) is 54.6 Å². The molecule has 3 nitrogen and oxygen atoms in total. The van der Waals surface area contributed by atoms with Crippen molar-refractivity contribution in [1.29, 1.82) is 0 Å². The molecule has 1 saturated heterocycles. The molecule has 0 aliphatic carbocycles. The number of halogens is 1. The maximum atomic E-state index is 13.4. The lowest BCUT2D eigenvalue weighted by molar-refractivity contribution is -0.133. The number of amides is 1. The van der Waals surface area contributed by atoms with Crippen molar-refractivity contribution in [1.82, 2.24) is 4.90 Å². The second-order valence-corrected chi connectivity index (χ2v) is 6.16. The zero-order valence-corrected chi connectivity index (χ0v) is 12.8. The Bertz CT molecular complexity index is 650. The monoisotopic (exact) mass is 317 g/mol. The van der Waals surface area contributed by atoms with Crippen LogP contribution in [0.4, 0.5) is 4.39 Å². The first-order chi connectivity index (χ1) is 10.7. The van der Waals surface area contributed by atoms with E-state index >= 15 is 0 Å². The largest absolute Gasteiger partial charge is 0.484 e. The molecule has 1 aliphatic rings. The third-order valence-corrected chi connectivity index (χ3v) is 4.71. The van der Waals surface area contributed by atoms with Crippen molar-refractivity contribution in [3.63, 3.8) is 0 Å². The molecule has 1 unspecified atom stereocenters. The van der Waals surface area contributed by atoms with E-state index in [2.05, 4.69) is 0 Å². The van der Waals surface area contributed by atoms with Crippen LogP contribution in [0, 0.1) is 5.82 Å². The first-order valence-corrected chi connectivity index (χ1v) is 8.13. The molecule has 22 heavy (non-hydrogen) atoms. The van der Waals surface area contributed by atoms with E-state index in [1.54, 1.807) is 22.7 Å². The molecule has 0 aromatic heterocycles. The predicted molar refractivity (Wildman–Crippen MR) is 85.2 cm³/mol. The van der Waals surface area contributed by atoms with Crippen LogP contribution < -0.4 is 4.74 Å². The Morgan fingerprint density at radius 2 is 2.05 bits per heavy atom. The van der Waals surface area contributed by atoms with Crippen molar-refractivity contribution in [2.45, 2.75) is 5.37 Å². The van der Waals surface area contributed by atoms with E-state index < -0.39 is 0 Å². The lowest BCUT2D eigenvalue weighted by atomic mass is 10.2. The fourth-order valence-corrected chi connectivity index (χ4v) is 3.67. The van der Waals surface area contributed by atoms with E-state index in [4.69, 9.17) is 4.74 Å². The molecule has 2 aromatic rings. The van der Waals surface area contributed by atoms with Gasteiger partial charge >= 0.3 is 0 Å². The average molecular weight is 317 g/mol. The van der Waals surface area contributed by atoms with Crippen LogP contribution >= 0.6 is 11.8 Å². The summed E-state index contributed by atoms with van der Waals surface area (Å²) in [4.78, 5) is 14.1. The van der Waals surface area contributed by atoms with Crippen molar-refractivity contribution in [3.8, 4) is 5.75 Å². The molecule has 0 saturated carbocycles. The van der Waals surface area contributed by atoms with Crippen LogP contribution in [-0.4, -0.2) is 29.7 Å². The highest BCUT2D eigenvalue weighted by molar-refractivity contribution is 7.99. The van der Waals surface area contributed by atoms with Crippen LogP contribution in [0.1, 0.15) is 10.9 Å². The van der Waals surface area contributed by atoms with Crippen molar-refractivity contribution < 1.29 is 13.9 Å². The van der Waals surface area contributed by atoms with Gasteiger partial charge in [0, 0.05) is 12.3 Å². The van der Waals surface area contributed by atoms with Crippen LogP contribution in [0.3, 0.4) is 0 Å². The number of carbonyl (C=O) groups excluding carboxylic acids is 1. The number of hydrogen-bond acceptors (Lipinski definition) is 3.